The van der Waals surface area contributed by atoms with Crippen molar-refractivity contribution in [3.8, 4) is 6.01 Å². The van der Waals surface area contributed by atoms with E-state index in [4.69, 9.17) is 10.5 Å². The second kappa shape index (κ2) is 9.43. The van der Waals surface area contributed by atoms with E-state index in [2.05, 4.69) is 58.1 Å². The van der Waals surface area contributed by atoms with Crippen LogP contribution < -0.4 is 10.5 Å². The topological polar surface area (TPSA) is 81.6 Å². The Labute approximate surface area is 178 Å². The number of aromatic nitrogens is 4. The van der Waals surface area contributed by atoms with Gasteiger partial charge in [0, 0.05) is 13.0 Å². The molecule has 30 heavy (non-hydrogen) atoms. The van der Waals surface area contributed by atoms with Crippen LogP contribution in [0.1, 0.15) is 56.4 Å². The van der Waals surface area contributed by atoms with Crippen molar-refractivity contribution in [2.24, 2.45) is 5.92 Å². The summed E-state index contributed by atoms with van der Waals surface area (Å²) in [5.41, 5.74) is 10.2. The van der Waals surface area contributed by atoms with Crippen LogP contribution in [0.3, 0.4) is 0 Å². The van der Waals surface area contributed by atoms with Crippen LogP contribution in [0.25, 0.3) is 5.65 Å². The van der Waals surface area contributed by atoms with E-state index >= 15 is 0 Å². The zero-order valence-electron chi connectivity index (χ0n) is 18.0. The van der Waals surface area contributed by atoms with Crippen molar-refractivity contribution in [3.05, 3.63) is 47.3 Å². The number of nitrogens with two attached hydrogens (primary N) is 1. The lowest BCUT2D eigenvalue weighted by Crippen LogP contribution is -2.32. The molecule has 0 bridgehead atoms. The highest BCUT2D eigenvalue weighted by Crippen LogP contribution is 2.20. The van der Waals surface area contributed by atoms with Crippen molar-refractivity contribution < 1.29 is 4.74 Å². The first-order chi connectivity index (χ1) is 14.6. The van der Waals surface area contributed by atoms with Crippen molar-refractivity contribution in [2.75, 3.05) is 25.4 Å². The first-order valence-electron chi connectivity index (χ1n) is 11.1. The van der Waals surface area contributed by atoms with Gasteiger partial charge in [0.05, 0.1) is 18.5 Å². The number of hydrogen-bond acceptors (Lipinski definition) is 6. The number of nitrogens with zero attached hydrogens (tertiary/aromatic N) is 5. The van der Waals surface area contributed by atoms with Gasteiger partial charge in [0.2, 0.25) is 0 Å². The van der Waals surface area contributed by atoms with Crippen LogP contribution >= 0.6 is 0 Å². The number of unbranched alkanes of at least 4 members (excludes halogenated alkanes) is 1. The summed E-state index contributed by atoms with van der Waals surface area (Å²) in [6, 6.07) is 9.17. The van der Waals surface area contributed by atoms with Crippen molar-refractivity contribution >= 4 is 11.5 Å². The van der Waals surface area contributed by atoms with Gasteiger partial charge in [-0.25, -0.2) is 9.50 Å². The van der Waals surface area contributed by atoms with Crippen LogP contribution in [0.4, 0.5) is 5.82 Å². The highest BCUT2D eigenvalue weighted by Gasteiger charge is 2.16. The fraction of sp³-hybridized carbons (Fsp3) is 0.522. The molecule has 1 aliphatic heterocycles. The lowest BCUT2D eigenvalue weighted by Gasteiger charge is -2.30. The maximum Gasteiger partial charge on any atom is 0.336 e. The standard InChI is InChI=1S/C23H32N6O/c1-3-4-13-30-23-26-21(24)22-25-15-20(29(22)27-23)14-18-5-7-19(8-6-18)16-28-11-9-17(2)10-12-28/h5-8,15,17H,3-4,9-14,16H2,1-2H3,(H2,24,26,27). The predicted molar refractivity (Wildman–Crippen MR) is 119 cm³/mol. The van der Waals surface area contributed by atoms with E-state index in [0.717, 1.165) is 37.4 Å². The molecule has 0 saturated carbocycles. The highest BCUT2D eigenvalue weighted by molar-refractivity contribution is 5.59. The Kier molecular flexibility index (Phi) is 6.47. The number of fused-ring (bicyclic) bond motifs is 1. The SMILES string of the molecule is CCCCOc1nc(N)c2ncc(Cc3ccc(CN4CCC(C)CC4)cc3)n2n1. The molecule has 7 nitrogen and oxygen atoms in total. The summed E-state index contributed by atoms with van der Waals surface area (Å²) in [4.78, 5) is 11.2. The van der Waals surface area contributed by atoms with E-state index in [1.807, 2.05) is 6.20 Å². The number of likely N-dealkylation sites (tertiary alicyclic amines) is 1. The minimum absolute atomic E-state index is 0.305. The number of piperidine rings is 1. The highest BCUT2D eigenvalue weighted by atomic mass is 16.5. The Bertz CT molecular complexity index is 960. The summed E-state index contributed by atoms with van der Waals surface area (Å²) in [6.45, 7) is 8.50. The Morgan fingerprint density at radius 1 is 1.13 bits per heavy atom. The summed E-state index contributed by atoms with van der Waals surface area (Å²) < 4.78 is 7.41. The molecule has 0 atom stereocenters. The summed E-state index contributed by atoms with van der Waals surface area (Å²) in [6.07, 6.45) is 7.18. The van der Waals surface area contributed by atoms with Gasteiger partial charge in [-0.2, -0.15) is 4.98 Å². The molecule has 0 aliphatic carbocycles. The largest absolute Gasteiger partial charge is 0.462 e. The van der Waals surface area contributed by atoms with Gasteiger partial charge >= 0.3 is 6.01 Å². The Balaban J connectivity index is 1.44. The lowest BCUT2D eigenvalue weighted by atomic mass is 9.98. The molecule has 1 saturated heterocycles. The molecule has 0 radical (unpaired) electrons. The Morgan fingerprint density at radius 2 is 1.87 bits per heavy atom. The third-order valence-corrected chi connectivity index (χ3v) is 5.86. The molecule has 2 N–H and O–H groups in total. The van der Waals surface area contributed by atoms with Gasteiger partial charge in [-0.1, -0.05) is 44.5 Å². The first kappa shape index (κ1) is 20.6. The molecule has 2 aromatic heterocycles. The second-order valence-electron chi connectivity index (χ2n) is 8.42. The predicted octanol–water partition coefficient (Wildman–Crippen LogP) is 3.71. The summed E-state index contributed by atoms with van der Waals surface area (Å²) in [5.74, 6) is 1.21. The number of hydrogen-bond donors (Lipinski definition) is 1. The molecule has 1 aliphatic rings. The van der Waals surface area contributed by atoms with E-state index in [1.165, 1.54) is 37.1 Å². The number of imidazole rings is 1. The van der Waals surface area contributed by atoms with Crippen LogP contribution in [0, 0.1) is 5.92 Å². The molecule has 3 aromatic rings. The molecular formula is C23H32N6O. The van der Waals surface area contributed by atoms with Gasteiger partial charge in [-0.3, -0.25) is 4.90 Å². The van der Waals surface area contributed by atoms with Crippen molar-refractivity contribution in [1.82, 2.24) is 24.5 Å². The number of ether oxygens (including phenoxy) is 1. The van der Waals surface area contributed by atoms with Gasteiger partial charge < -0.3 is 10.5 Å². The first-order valence-corrected chi connectivity index (χ1v) is 11.1. The van der Waals surface area contributed by atoms with Gasteiger partial charge in [0.25, 0.3) is 0 Å². The van der Waals surface area contributed by atoms with E-state index in [1.54, 1.807) is 4.52 Å². The molecule has 3 heterocycles. The molecular weight excluding hydrogens is 376 g/mol. The summed E-state index contributed by atoms with van der Waals surface area (Å²) >= 11 is 0. The van der Waals surface area contributed by atoms with Gasteiger partial charge in [-0.15, -0.1) is 5.10 Å². The Morgan fingerprint density at radius 3 is 2.60 bits per heavy atom. The lowest BCUT2D eigenvalue weighted by molar-refractivity contribution is 0.185. The quantitative estimate of drug-likeness (QED) is 0.572. The minimum atomic E-state index is 0.305. The van der Waals surface area contributed by atoms with Crippen molar-refractivity contribution in [3.63, 3.8) is 0 Å². The van der Waals surface area contributed by atoms with Gasteiger partial charge in [0.15, 0.2) is 11.5 Å². The van der Waals surface area contributed by atoms with E-state index in [9.17, 15) is 0 Å². The molecule has 7 heteroatoms. The number of benzene rings is 1. The maximum absolute atomic E-state index is 6.07. The molecule has 0 spiro atoms. The Hall–Kier alpha value is -2.67. The summed E-state index contributed by atoms with van der Waals surface area (Å²) in [5, 5.41) is 4.50. The number of rotatable bonds is 8. The third-order valence-electron chi connectivity index (χ3n) is 5.86. The van der Waals surface area contributed by atoms with Gasteiger partial charge in [0.1, 0.15) is 0 Å². The number of nitrogen functional groups attached to an aromatic ring is 1. The van der Waals surface area contributed by atoms with Crippen molar-refractivity contribution in [1.29, 1.82) is 0 Å². The van der Waals surface area contributed by atoms with Crippen LogP contribution in [0.5, 0.6) is 6.01 Å². The minimum Gasteiger partial charge on any atom is -0.462 e. The van der Waals surface area contributed by atoms with Crippen molar-refractivity contribution in [2.45, 2.75) is 52.5 Å². The van der Waals surface area contributed by atoms with E-state index < -0.39 is 0 Å². The van der Waals surface area contributed by atoms with E-state index in [-0.39, 0.29) is 0 Å². The smallest absolute Gasteiger partial charge is 0.336 e. The van der Waals surface area contributed by atoms with Gasteiger partial charge in [-0.05, 0) is 49.4 Å². The third kappa shape index (κ3) is 4.90. The monoisotopic (exact) mass is 408 g/mol. The average Bonchev–Trinajstić information content (AvgIpc) is 3.15. The number of anilines is 1. The van der Waals surface area contributed by atoms with Crippen LogP contribution in [0.2, 0.25) is 0 Å². The molecule has 4 rings (SSSR count). The molecule has 0 amide bonds. The average molecular weight is 409 g/mol. The van der Waals surface area contributed by atoms with Crippen LogP contribution in [-0.2, 0) is 13.0 Å². The summed E-state index contributed by atoms with van der Waals surface area (Å²) in [7, 11) is 0. The zero-order chi connectivity index (χ0) is 20.9. The molecule has 1 aromatic carbocycles. The van der Waals surface area contributed by atoms with Crippen LogP contribution in [-0.4, -0.2) is 44.2 Å². The normalized spacial score (nSPS) is 15.7. The molecule has 160 valence electrons. The van der Waals surface area contributed by atoms with E-state index in [0.29, 0.717) is 24.1 Å². The fourth-order valence-electron chi connectivity index (χ4n) is 3.87. The van der Waals surface area contributed by atoms with Crippen LogP contribution in [0.15, 0.2) is 30.5 Å². The fourth-order valence-corrected chi connectivity index (χ4v) is 3.87. The molecule has 1 fully saturated rings. The second-order valence-corrected chi connectivity index (χ2v) is 8.42. The zero-order valence-corrected chi connectivity index (χ0v) is 18.0. The maximum atomic E-state index is 6.07. The molecule has 0 unspecified atom stereocenters.